The Morgan fingerprint density at radius 2 is 1.25 bits per heavy atom. The van der Waals surface area contributed by atoms with Crippen LogP contribution in [-0.2, 0) is 14.2 Å². The number of hydrogen-bond donors (Lipinski definition) is 2. The molecule has 0 aromatic heterocycles. The Hall–Kier alpha value is -0.340. The van der Waals surface area contributed by atoms with E-state index in [-0.39, 0.29) is 33.0 Å². The van der Waals surface area contributed by atoms with Crippen molar-refractivity contribution in [1.29, 1.82) is 0 Å². The minimum atomic E-state index is -3.36. The Kier molecular flexibility index (Phi) is 8.05. The lowest BCUT2D eigenvalue weighted by Gasteiger charge is -2.32. The van der Waals surface area contributed by atoms with E-state index in [4.69, 9.17) is 19.7 Å². The topological polar surface area (TPSA) is 68.2 Å². The Bertz CT molecular complexity index is 269. The predicted octanol–water partition coefficient (Wildman–Crippen LogP) is 1.56. The molecule has 0 aromatic rings. The average Bonchev–Trinajstić information content (AvgIpc) is 2.31. The second-order valence-electron chi connectivity index (χ2n) is 5.77. The summed E-state index contributed by atoms with van der Waals surface area (Å²) in [5.74, 6) is 0. The number of alkyl halides is 2. The Labute approximate surface area is 118 Å². The van der Waals surface area contributed by atoms with Crippen LogP contribution in [0.15, 0.2) is 0 Å². The number of rotatable bonds is 11. The Morgan fingerprint density at radius 3 is 1.70 bits per heavy atom. The van der Waals surface area contributed by atoms with E-state index in [1.807, 2.05) is 0 Å². The van der Waals surface area contributed by atoms with Gasteiger partial charge in [-0.05, 0) is 27.7 Å². The molecule has 0 bridgehead atoms. The van der Waals surface area contributed by atoms with E-state index in [1.165, 1.54) is 13.8 Å². The third-order valence-corrected chi connectivity index (χ3v) is 2.43. The smallest absolute Gasteiger partial charge is 0.358 e. The molecular weight excluding hydrogens is 274 g/mol. The van der Waals surface area contributed by atoms with E-state index < -0.39 is 23.7 Å². The molecular formula is C13H26F2O5. The number of ether oxygens (including phenoxy) is 3. The van der Waals surface area contributed by atoms with Crippen LogP contribution in [0.2, 0.25) is 0 Å². The lowest BCUT2D eigenvalue weighted by molar-refractivity contribution is -0.283. The zero-order chi connectivity index (χ0) is 15.9. The van der Waals surface area contributed by atoms with Crippen LogP contribution >= 0.6 is 0 Å². The minimum Gasteiger partial charge on any atom is -0.394 e. The molecule has 0 radical (unpaired) electrons. The van der Waals surface area contributed by atoms with Gasteiger partial charge in [0, 0.05) is 0 Å². The minimum absolute atomic E-state index is 0.00577. The molecule has 0 fully saturated rings. The number of hydrogen-bond acceptors (Lipinski definition) is 5. The quantitative estimate of drug-likeness (QED) is 0.606. The van der Waals surface area contributed by atoms with E-state index in [2.05, 4.69) is 4.74 Å². The molecule has 0 saturated heterocycles. The van der Waals surface area contributed by atoms with Crippen molar-refractivity contribution >= 4 is 0 Å². The maximum atomic E-state index is 13.7. The molecule has 122 valence electrons. The number of aliphatic hydroxyl groups excluding tert-OH is 2. The highest BCUT2D eigenvalue weighted by Gasteiger charge is 2.40. The monoisotopic (exact) mass is 300 g/mol. The Balaban J connectivity index is 4.30. The first kappa shape index (κ1) is 19.7. The first-order valence-corrected chi connectivity index (χ1v) is 6.55. The molecule has 0 spiro atoms. The summed E-state index contributed by atoms with van der Waals surface area (Å²) < 4.78 is 42.4. The molecule has 0 aromatic carbocycles. The summed E-state index contributed by atoms with van der Waals surface area (Å²) in [6.45, 7) is 5.57. The number of halogens is 2. The fourth-order valence-electron chi connectivity index (χ4n) is 1.56. The van der Waals surface area contributed by atoms with E-state index in [9.17, 15) is 8.78 Å². The van der Waals surface area contributed by atoms with Crippen molar-refractivity contribution in [1.82, 2.24) is 0 Å². The van der Waals surface area contributed by atoms with Crippen molar-refractivity contribution in [2.75, 3.05) is 33.0 Å². The van der Waals surface area contributed by atoms with Crippen molar-refractivity contribution in [2.45, 2.75) is 51.4 Å². The first-order valence-electron chi connectivity index (χ1n) is 6.55. The predicted molar refractivity (Wildman–Crippen MR) is 69.7 cm³/mol. The highest BCUT2D eigenvalue weighted by molar-refractivity contribution is 4.76. The van der Waals surface area contributed by atoms with Crippen LogP contribution in [0.3, 0.4) is 0 Å². The van der Waals surface area contributed by atoms with Crippen molar-refractivity contribution in [3.63, 3.8) is 0 Å². The standard InChI is InChI=1S/C13H26F2O5/c1-11(2,18-7-5-16)9-13(14,15)20-10-12(3,4)19-8-6-17/h16-17H,5-10H2,1-4H3. The molecule has 0 amide bonds. The molecule has 20 heavy (non-hydrogen) atoms. The lowest BCUT2D eigenvalue weighted by Crippen LogP contribution is -2.40. The fourth-order valence-corrected chi connectivity index (χ4v) is 1.56. The third kappa shape index (κ3) is 9.55. The van der Waals surface area contributed by atoms with Crippen molar-refractivity contribution in [3.8, 4) is 0 Å². The molecule has 0 aliphatic carbocycles. The highest BCUT2D eigenvalue weighted by Crippen LogP contribution is 2.30. The normalized spacial score (nSPS) is 13.8. The van der Waals surface area contributed by atoms with Crippen molar-refractivity contribution in [2.24, 2.45) is 0 Å². The van der Waals surface area contributed by atoms with E-state index in [0.717, 1.165) is 0 Å². The molecule has 2 N–H and O–H groups in total. The molecule has 0 rings (SSSR count). The lowest BCUT2D eigenvalue weighted by atomic mass is 10.0. The summed E-state index contributed by atoms with van der Waals surface area (Å²) >= 11 is 0. The van der Waals surface area contributed by atoms with Gasteiger partial charge in [0.05, 0.1) is 50.7 Å². The summed E-state index contributed by atoms with van der Waals surface area (Å²) in [4.78, 5) is 0. The van der Waals surface area contributed by atoms with Gasteiger partial charge in [-0.15, -0.1) is 0 Å². The van der Waals surface area contributed by atoms with Crippen LogP contribution in [-0.4, -0.2) is 60.6 Å². The van der Waals surface area contributed by atoms with Crippen LogP contribution in [0, 0.1) is 0 Å². The third-order valence-electron chi connectivity index (χ3n) is 2.43. The van der Waals surface area contributed by atoms with Crippen LogP contribution in [0.25, 0.3) is 0 Å². The molecule has 0 unspecified atom stereocenters. The molecule has 0 aliphatic heterocycles. The van der Waals surface area contributed by atoms with Crippen LogP contribution < -0.4 is 0 Å². The van der Waals surface area contributed by atoms with Crippen molar-refractivity contribution in [3.05, 3.63) is 0 Å². The van der Waals surface area contributed by atoms with Gasteiger partial charge in [-0.2, -0.15) is 8.78 Å². The summed E-state index contributed by atoms with van der Waals surface area (Å²) in [7, 11) is 0. The highest BCUT2D eigenvalue weighted by atomic mass is 19.3. The van der Waals surface area contributed by atoms with Crippen molar-refractivity contribution < 1.29 is 33.2 Å². The van der Waals surface area contributed by atoms with Gasteiger partial charge in [0.25, 0.3) is 0 Å². The molecule has 0 atom stereocenters. The van der Waals surface area contributed by atoms with Gasteiger partial charge in [-0.3, -0.25) is 0 Å². The first-order chi connectivity index (χ1) is 9.04. The summed E-state index contributed by atoms with van der Waals surface area (Å²) in [6.07, 6.45) is -3.99. The van der Waals surface area contributed by atoms with E-state index >= 15 is 0 Å². The second-order valence-corrected chi connectivity index (χ2v) is 5.77. The van der Waals surface area contributed by atoms with Crippen LogP contribution in [0.1, 0.15) is 34.1 Å². The van der Waals surface area contributed by atoms with Gasteiger partial charge in [-0.25, -0.2) is 0 Å². The SMILES string of the molecule is CC(C)(COC(F)(F)CC(C)(C)OCCO)OCCO. The maximum absolute atomic E-state index is 13.7. The van der Waals surface area contributed by atoms with E-state index in [1.54, 1.807) is 13.8 Å². The molecule has 0 aliphatic rings. The maximum Gasteiger partial charge on any atom is 0.358 e. The molecule has 0 heterocycles. The van der Waals surface area contributed by atoms with E-state index in [0.29, 0.717) is 0 Å². The molecule has 0 saturated carbocycles. The van der Waals surface area contributed by atoms with Gasteiger partial charge in [0.2, 0.25) is 0 Å². The summed E-state index contributed by atoms with van der Waals surface area (Å²) in [5, 5.41) is 17.3. The van der Waals surface area contributed by atoms with Crippen LogP contribution in [0.4, 0.5) is 8.78 Å². The van der Waals surface area contributed by atoms with Gasteiger partial charge in [0.15, 0.2) is 0 Å². The Morgan fingerprint density at radius 1 is 0.800 bits per heavy atom. The number of aliphatic hydroxyl groups is 2. The largest absolute Gasteiger partial charge is 0.394 e. The molecule has 5 nitrogen and oxygen atoms in total. The fraction of sp³-hybridized carbons (Fsp3) is 1.00. The second kappa shape index (κ2) is 8.19. The van der Waals surface area contributed by atoms with Gasteiger partial charge in [-0.1, -0.05) is 0 Å². The van der Waals surface area contributed by atoms with Gasteiger partial charge in [0.1, 0.15) is 0 Å². The van der Waals surface area contributed by atoms with Crippen LogP contribution in [0.5, 0.6) is 0 Å². The summed E-state index contributed by atoms with van der Waals surface area (Å²) in [5.41, 5.74) is -2.02. The average molecular weight is 300 g/mol. The van der Waals surface area contributed by atoms with Gasteiger partial charge < -0.3 is 24.4 Å². The zero-order valence-corrected chi connectivity index (χ0v) is 12.6. The summed E-state index contributed by atoms with van der Waals surface area (Å²) in [6, 6.07) is 0. The zero-order valence-electron chi connectivity index (χ0n) is 12.6. The molecule has 7 heteroatoms. The van der Waals surface area contributed by atoms with Gasteiger partial charge >= 0.3 is 6.11 Å².